The van der Waals surface area contributed by atoms with Gasteiger partial charge in [-0.25, -0.2) is 8.42 Å². The minimum absolute atomic E-state index is 0.0432. The Bertz CT molecular complexity index is 1140. The van der Waals surface area contributed by atoms with Crippen molar-refractivity contribution < 1.29 is 22.4 Å². The van der Waals surface area contributed by atoms with Crippen molar-refractivity contribution >= 4 is 26.7 Å². The maximum absolute atomic E-state index is 13.1. The fourth-order valence-corrected chi connectivity index (χ4v) is 6.27. The van der Waals surface area contributed by atoms with E-state index in [-0.39, 0.29) is 30.2 Å². The Hall–Kier alpha value is -2.71. The van der Waals surface area contributed by atoms with Gasteiger partial charge in [-0.05, 0) is 55.0 Å². The molecule has 1 aromatic carbocycles. The number of aromatic nitrogens is 1. The molecular weight excluding hydrogens is 416 g/mol. The Morgan fingerprint density at radius 3 is 2.68 bits per heavy atom. The molecule has 3 unspecified atom stereocenters. The number of pyridine rings is 1. The SMILES string of the molecule is COC1CCC(S(=O)(=O)c2ccc(CNC(=O)c3cc4ccncc4o3)cc2)C(C)C1. The number of carbonyl (C=O) groups is 1. The van der Waals surface area contributed by atoms with E-state index in [9.17, 15) is 13.2 Å². The summed E-state index contributed by atoms with van der Waals surface area (Å²) in [4.78, 5) is 16.7. The number of amides is 1. The van der Waals surface area contributed by atoms with Crippen LogP contribution < -0.4 is 5.32 Å². The number of sulfone groups is 1. The molecule has 1 aliphatic carbocycles. The fourth-order valence-electron chi connectivity index (χ4n) is 4.23. The first-order valence-corrected chi connectivity index (χ1v) is 11.9. The van der Waals surface area contributed by atoms with E-state index >= 15 is 0 Å². The summed E-state index contributed by atoms with van der Waals surface area (Å²) in [6.07, 6.45) is 5.45. The molecule has 1 saturated carbocycles. The molecule has 0 spiro atoms. The third-order valence-electron chi connectivity index (χ3n) is 6.03. The average molecular weight is 443 g/mol. The molecular formula is C23H26N2O5S. The molecule has 1 aliphatic rings. The van der Waals surface area contributed by atoms with E-state index in [2.05, 4.69) is 10.3 Å². The van der Waals surface area contributed by atoms with Crippen molar-refractivity contribution in [3.05, 3.63) is 60.1 Å². The van der Waals surface area contributed by atoms with Crippen molar-refractivity contribution in [3.63, 3.8) is 0 Å². The van der Waals surface area contributed by atoms with Gasteiger partial charge in [0, 0.05) is 25.2 Å². The van der Waals surface area contributed by atoms with Crippen molar-refractivity contribution in [1.82, 2.24) is 10.3 Å². The van der Waals surface area contributed by atoms with Gasteiger partial charge >= 0.3 is 0 Å². The smallest absolute Gasteiger partial charge is 0.287 e. The van der Waals surface area contributed by atoms with Crippen LogP contribution in [0.1, 0.15) is 42.3 Å². The Labute approximate surface area is 181 Å². The van der Waals surface area contributed by atoms with E-state index < -0.39 is 15.1 Å². The lowest BCUT2D eigenvalue weighted by Gasteiger charge is -2.33. The highest BCUT2D eigenvalue weighted by Gasteiger charge is 2.37. The Morgan fingerprint density at radius 2 is 2.00 bits per heavy atom. The number of hydrogen-bond acceptors (Lipinski definition) is 6. The van der Waals surface area contributed by atoms with Gasteiger partial charge in [0.25, 0.3) is 5.91 Å². The molecule has 0 radical (unpaired) electrons. The third kappa shape index (κ3) is 4.50. The van der Waals surface area contributed by atoms with Gasteiger partial charge in [0.2, 0.25) is 0 Å². The molecule has 1 N–H and O–H groups in total. The normalized spacial score (nSPS) is 21.8. The molecule has 1 fully saturated rings. The molecule has 2 heterocycles. The highest BCUT2D eigenvalue weighted by molar-refractivity contribution is 7.92. The van der Waals surface area contributed by atoms with Crippen LogP contribution in [-0.2, 0) is 21.1 Å². The van der Waals surface area contributed by atoms with Crippen LogP contribution in [0.2, 0.25) is 0 Å². The lowest BCUT2D eigenvalue weighted by atomic mass is 9.88. The summed E-state index contributed by atoms with van der Waals surface area (Å²) >= 11 is 0. The Kier molecular flexibility index (Phi) is 6.11. The third-order valence-corrected chi connectivity index (χ3v) is 8.45. The van der Waals surface area contributed by atoms with Gasteiger partial charge in [-0.1, -0.05) is 19.1 Å². The molecule has 164 valence electrons. The Balaban J connectivity index is 1.40. The van der Waals surface area contributed by atoms with Crippen molar-refractivity contribution in [2.45, 2.75) is 49.0 Å². The van der Waals surface area contributed by atoms with Crippen molar-refractivity contribution in [3.8, 4) is 0 Å². The lowest BCUT2D eigenvalue weighted by Crippen LogP contribution is -2.36. The molecule has 0 aliphatic heterocycles. The maximum atomic E-state index is 13.1. The van der Waals surface area contributed by atoms with Crippen LogP contribution in [0.3, 0.4) is 0 Å². The van der Waals surface area contributed by atoms with Crippen LogP contribution in [0.15, 0.2) is 58.1 Å². The Morgan fingerprint density at radius 1 is 1.23 bits per heavy atom. The van der Waals surface area contributed by atoms with E-state index in [1.165, 1.54) is 0 Å². The molecule has 2 aromatic heterocycles. The molecule has 4 rings (SSSR count). The van der Waals surface area contributed by atoms with Gasteiger partial charge in [0.1, 0.15) is 0 Å². The number of nitrogens with one attached hydrogen (secondary N) is 1. The van der Waals surface area contributed by atoms with Gasteiger partial charge in [0.05, 0.1) is 22.4 Å². The van der Waals surface area contributed by atoms with E-state index in [1.807, 2.05) is 6.92 Å². The highest BCUT2D eigenvalue weighted by atomic mass is 32.2. The summed E-state index contributed by atoms with van der Waals surface area (Å²) in [6.45, 7) is 2.25. The van der Waals surface area contributed by atoms with Gasteiger partial charge < -0.3 is 14.5 Å². The minimum atomic E-state index is -3.41. The van der Waals surface area contributed by atoms with Crippen LogP contribution in [0.25, 0.3) is 11.0 Å². The van der Waals surface area contributed by atoms with Crippen molar-refractivity contribution in [2.75, 3.05) is 7.11 Å². The maximum Gasteiger partial charge on any atom is 0.287 e. The van der Waals surface area contributed by atoms with Crippen LogP contribution in [0, 0.1) is 5.92 Å². The van der Waals surface area contributed by atoms with Crippen LogP contribution in [0.4, 0.5) is 0 Å². The van der Waals surface area contributed by atoms with Crippen molar-refractivity contribution in [2.24, 2.45) is 5.92 Å². The number of nitrogens with zero attached hydrogens (tertiary/aromatic N) is 1. The number of carbonyl (C=O) groups excluding carboxylic acids is 1. The first kappa shape index (κ1) is 21.5. The second kappa shape index (κ2) is 8.80. The van der Waals surface area contributed by atoms with E-state index in [4.69, 9.17) is 9.15 Å². The molecule has 0 saturated heterocycles. The number of benzene rings is 1. The van der Waals surface area contributed by atoms with Gasteiger partial charge in [-0.15, -0.1) is 0 Å². The summed E-state index contributed by atoms with van der Waals surface area (Å²) < 4.78 is 37.1. The monoisotopic (exact) mass is 442 g/mol. The predicted octanol–water partition coefficient (Wildman–Crippen LogP) is 3.74. The zero-order valence-electron chi connectivity index (χ0n) is 17.6. The zero-order chi connectivity index (χ0) is 22.0. The zero-order valence-corrected chi connectivity index (χ0v) is 18.4. The molecule has 1 amide bonds. The van der Waals surface area contributed by atoms with Crippen LogP contribution >= 0.6 is 0 Å². The molecule has 8 heteroatoms. The minimum Gasteiger partial charge on any atom is -0.449 e. The van der Waals surface area contributed by atoms with Crippen LogP contribution in [-0.4, -0.2) is 37.8 Å². The largest absolute Gasteiger partial charge is 0.449 e. The summed E-state index contributed by atoms with van der Waals surface area (Å²) in [6, 6.07) is 10.2. The number of furan rings is 1. The predicted molar refractivity (Wildman–Crippen MR) is 116 cm³/mol. The van der Waals surface area contributed by atoms with E-state index in [0.717, 1.165) is 23.8 Å². The average Bonchev–Trinajstić information content (AvgIpc) is 3.22. The van der Waals surface area contributed by atoms with E-state index in [0.29, 0.717) is 16.9 Å². The van der Waals surface area contributed by atoms with Gasteiger partial charge in [0.15, 0.2) is 21.2 Å². The van der Waals surface area contributed by atoms with E-state index in [1.54, 1.807) is 55.9 Å². The summed E-state index contributed by atoms with van der Waals surface area (Å²) in [5.74, 6) is -0.0823. The standard InChI is InChI=1S/C23H26N2O5S/c1-15-11-18(29-2)5-8-22(15)31(27,28)19-6-3-16(4-7-19)13-25-23(26)20-12-17-9-10-24-14-21(17)30-20/h3-4,6-7,9-10,12,14-15,18,22H,5,8,11,13H2,1-2H3,(H,25,26). The molecule has 3 atom stereocenters. The fraction of sp³-hybridized carbons (Fsp3) is 0.391. The first-order chi connectivity index (χ1) is 14.9. The summed E-state index contributed by atoms with van der Waals surface area (Å²) in [5, 5.41) is 3.21. The highest BCUT2D eigenvalue weighted by Crippen LogP contribution is 2.34. The molecule has 0 bridgehead atoms. The van der Waals surface area contributed by atoms with Gasteiger partial charge in [-0.2, -0.15) is 0 Å². The lowest BCUT2D eigenvalue weighted by molar-refractivity contribution is 0.0554. The number of ether oxygens (including phenoxy) is 1. The number of methoxy groups -OCH3 is 1. The summed E-state index contributed by atoms with van der Waals surface area (Å²) in [7, 11) is -1.74. The molecule has 31 heavy (non-hydrogen) atoms. The van der Waals surface area contributed by atoms with Crippen LogP contribution in [0.5, 0.6) is 0 Å². The second-order valence-corrected chi connectivity index (χ2v) is 10.2. The summed E-state index contributed by atoms with van der Waals surface area (Å²) in [5.41, 5.74) is 1.36. The first-order valence-electron chi connectivity index (χ1n) is 10.4. The number of rotatable bonds is 6. The number of hydrogen-bond donors (Lipinski definition) is 1. The quantitative estimate of drug-likeness (QED) is 0.625. The number of fused-ring (bicyclic) bond motifs is 1. The molecule has 3 aromatic rings. The topological polar surface area (TPSA) is 98.5 Å². The van der Waals surface area contributed by atoms with Crippen molar-refractivity contribution in [1.29, 1.82) is 0 Å². The van der Waals surface area contributed by atoms with Gasteiger partial charge in [-0.3, -0.25) is 9.78 Å². The second-order valence-electron chi connectivity index (χ2n) is 8.08. The molecule has 7 nitrogen and oxygen atoms in total.